The Bertz CT molecular complexity index is 1880. The Morgan fingerprint density at radius 1 is 1.10 bits per heavy atom. The molecule has 0 bridgehead atoms. The van der Waals surface area contributed by atoms with Gasteiger partial charge in [-0.05, 0) is 66.5 Å². The van der Waals surface area contributed by atoms with E-state index in [0.717, 1.165) is 16.5 Å². The first-order chi connectivity index (χ1) is 23.3. The van der Waals surface area contributed by atoms with Crippen molar-refractivity contribution in [2.75, 3.05) is 19.0 Å². The highest BCUT2D eigenvalue weighted by molar-refractivity contribution is 7.91. The molecule has 1 saturated heterocycles. The number of carbonyl (C=O) groups excluding carboxylic acids is 3. The lowest BCUT2D eigenvalue weighted by Gasteiger charge is -2.36. The number of benzene rings is 2. The van der Waals surface area contributed by atoms with Crippen molar-refractivity contribution < 1.29 is 32.3 Å². The van der Waals surface area contributed by atoms with Crippen LogP contribution in [0.1, 0.15) is 46.5 Å². The van der Waals surface area contributed by atoms with Crippen molar-refractivity contribution in [2.45, 2.75) is 75.4 Å². The number of ether oxygens (including phenoxy) is 2. The summed E-state index contributed by atoms with van der Waals surface area (Å²) in [5, 5.41) is 7.19. The van der Waals surface area contributed by atoms with Gasteiger partial charge in [0, 0.05) is 29.6 Å². The first-order valence-electron chi connectivity index (χ1n) is 16.5. The zero-order chi connectivity index (χ0) is 35.1. The van der Waals surface area contributed by atoms with Crippen LogP contribution in [-0.4, -0.2) is 78.7 Å². The zero-order valence-corrected chi connectivity index (χ0v) is 29.0. The van der Waals surface area contributed by atoms with Crippen molar-refractivity contribution in [1.82, 2.24) is 19.9 Å². The SMILES string of the molecule is C=C[C@@H]1C[C@]1(NC(=O)[C@@H]1C[C@@H](Oc2nccc3cc(OC)ccc23)CN1C(=O)C(Nc1ccccc1)C(C)(C)C)C(=O)NS(=O)(=O)C1CC1. The van der Waals surface area contributed by atoms with Gasteiger partial charge in [0.05, 0.1) is 18.9 Å². The van der Waals surface area contributed by atoms with Crippen molar-refractivity contribution in [2.24, 2.45) is 11.3 Å². The van der Waals surface area contributed by atoms with Gasteiger partial charge < -0.3 is 25.0 Å². The lowest BCUT2D eigenvalue weighted by atomic mass is 9.85. The van der Waals surface area contributed by atoms with Crippen LogP contribution in [0.5, 0.6) is 11.6 Å². The number of hydrogen-bond acceptors (Lipinski definition) is 9. The third-order valence-corrected chi connectivity index (χ3v) is 11.3. The molecule has 13 heteroatoms. The molecular weight excluding hydrogens is 646 g/mol. The summed E-state index contributed by atoms with van der Waals surface area (Å²) in [4.78, 5) is 48.2. The number of fused-ring (bicyclic) bond motifs is 1. The van der Waals surface area contributed by atoms with Crippen molar-refractivity contribution in [3.63, 3.8) is 0 Å². The first-order valence-corrected chi connectivity index (χ1v) is 18.0. The van der Waals surface area contributed by atoms with Crippen LogP contribution in [0.2, 0.25) is 0 Å². The van der Waals surface area contributed by atoms with Gasteiger partial charge in [-0.2, -0.15) is 0 Å². The number of amides is 3. The quantitative estimate of drug-likeness (QED) is 0.241. The fourth-order valence-electron chi connectivity index (χ4n) is 6.42. The minimum Gasteiger partial charge on any atom is -0.497 e. The van der Waals surface area contributed by atoms with Crippen LogP contribution in [0.25, 0.3) is 10.8 Å². The van der Waals surface area contributed by atoms with E-state index in [0.29, 0.717) is 24.5 Å². The molecule has 0 spiro atoms. The van der Waals surface area contributed by atoms with Crippen molar-refractivity contribution in [3.8, 4) is 11.6 Å². The molecule has 12 nitrogen and oxygen atoms in total. The second-order valence-corrected chi connectivity index (χ2v) is 16.1. The molecule has 1 unspecified atom stereocenters. The van der Waals surface area contributed by atoms with E-state index in [-0.39, 0.29) is 25.3 Å². The molecule has 1 aromatic heterocycles. The molecule has 260 valence electrons. The number of nitrogens with zero attached hydrogens (tertiary/aromatic N) is 2. The second-order valence-electron chi connectivity index (χ2n) is 14.2. The number of rotatable bonds is 12. The smallest absolute Gasteiger partial charge is 0.259 e. The predicted molar refractivity (Wildman–Crippen MR) is 185 cm³/mol. The van der Waals surface area contributed by atoms with Crippen molar-refractivity contribution in [1.29, 1.82) is 0 Å². The number of methoxy groups -OCH3 is 1. The monoisotopic (exact) mass is 689 g/mol. The summed E-state index contributed by atoms with van der Waals surface area (Å²) in [6, 6.07) is 15.0. The number of sulfonamides is 1. The maximum atomic E-state index is 14.5. The van der Waals surface area contributed by atoms with Crippen LogP contribution in [0, 0.1) is 11.3 Å². The number of pyridine rings is 1. The number of anilines is 1. The number of carbonyl (C=O) groups is 3. The summed E-state index contributed by atoms with van der Waals surface area (Å²) >= 11 is 0. The summed E-state index contributed by atoms with van der Waals surface area (Å²) in [5.74, 6) is -1.13. The number of aromatic nitrogens is 1. The highest BCUT2D eigenvalue weighted by Crippen LogP contribution is 2.45. The van der Waals surface area contributed by atoms with Crippen molar-refractivity contribution in [3.05, 3.63) is 73.4 Å². The number of para-hydroxylation sites is 1. The Balaban J connectivity index is 1.29. The average Bonchev–Trinajstić information content (AvgIpc) is 4.00. The lowest BCUT2D eigenvalue weighted by Crippen LogP contribution is -2.58. The molecule has 3 N–H and O–H groups in total. The Morgan fingerprint density at radius 3 is 2.47 bits per heavy atom. The van der Waals surface area contributed by atoms with E-state index in [1.807, 2.05) is 69.3 Å². The molecule has 1 aliphatic heterocycles. The van der Waals surface area contributed by atoms with E-state index in [2.05, 4.69) is 26.9 Å². The van der Waals surface area contributed by atoms with Crippen LogP contribution in [0.3, 0.4) is 0 Å². The maximum absolute atomic E-state index is 14.5. The molecule has 3 fully saturated rings. The molecule has 3 aromatic rings. The third kappa shape index (κ3) is 7.08. The van der Waals surface area contributed by atoms with Crippen LogP contribution in [-0.2, 0) is 24.4 Å². The van der Waals surface area contributed by atoms with Gasteiger partial charge in [-0.3, -0.25) is 19.1 Å². The molecule has 5 atom stereocenters. The summed E-state index contributed by atoms with van der Waals surface area (Å²) in [5.41, 5.74) is -1.30. The predicted octanol–water partition coefficient (Wildman–Crippen LogP) is 3.79. The molecule has 3 aliphatic rings. The largest absolute Gasteiger partial charge is 0.497 e. The molecule has 2 aromatic carbocycles. The molecule has 2 aliphatic carbocycles. The molecule has 3 amide bonds. The van der Waals surface area contributed by atoms with E-state index >= 15 is 0 Å². The van der Waals surface area contributed by atoms with Crippen molar-refractivity contribution >= 4 is 44.2 Å². The molecule has 2 saturated carbocycles. The Labute approximate surface area is 286 Å². The number of hydrogen-bond donors (Lipinski definition) is 3. The molecule has 6 rings (SSSR count). The van der Waals surface area contributed by atoms with E-state index in [9.17, 15) is 22.8 Å². The van der Waals surface area contributed by atoms with Gasteiger partial charge in [0.25, 0.3) is 5.91 Å². The lowest BCUT2D eigenvalue weighted by molar-refractivity contribution is -0.141. The van der Waals surface area contributed by atoms with Gasteiger partial charge in [-0.25, -0.2) is 13.4 Å². The number of likely N-dealkylation sites (tertiary alicyclic amines) is 1. The van der Waals surface area contributed by atoms with Crippen LogP contribution in [0.4, 0.5) is 5.69 Å². The normalized spacial score (nSPS) is 24.1. The standard InChI is InChI=1S/C36H43N5O7S/c1-6-23-20-36(23,34(44)40-49(45,46)27-13-14-27)39-31(42)29-19-26(48-32-28-15-12-25(47-5)18-22(28)16-17-37-32)21-41(29)33(43)30(35(2,3)4)38-24-10-8-7-9-11-24/h6-12,15-18,23,26-27,29-30,38H,1,13-14,19-21H2,2-5H3,(H,39,42)(H,40,44)/t23-,26-,29+,30?,36-/m1/s1. The van der Waals surface area contributed by atoms with E-state index in [1.165, 1.54) is 11.0 Å². The summed E-state index contributed by atoms with van der Waals surface area (Å²) < 4.78 is 39.3. The third-order valence-electron chi connectivity index (χ3n) is 9.51. The summed E-state index contributed by atoms with van der Waals surface area (Å²) in [6.45, 7) is 9.69. The fourth-order valence-corrected chi connectivity index (χ4v) is 7.78. The minimum absolute atomic E-state index is 0.0777. The van der Waals surface area contributed by atoms with Gasteiger partial charge >= 0.3 is 0 Å². The maximum Gasteiger partial charge on any atom is 0.259 e. The molecule has 49 heavy (non-hydrogen) atoms. The highest BCUT2D eigenvalue weighted by Gasteiger charge is 2.62. The topological polar surface area (TPSA) is 156 Å². The van der Waals surface area contributed by atoms with Gasteiger partial charge in [0.1, 0.15) is 29.5 Å². The molecular formula is C36H43N5O7S. The molecule has 0 radical (unpaired) electrons. The van der Waals surface area contributed by atoms with E-state index < -0.39 is 62.1 Å². The van der Waals surface area contributed by atoms with Crippen LogP contribution in [0.15, 0.2) is 73.4 Å². The van der Waals surface area contributed by atoms with E-state index in [4.69, 9.17) is 9.47 Å². The summed E-state index contributed by atoms with van der Waals surface area (Å²) in [7, 11) is -2.27. The van der Waals surface area contributed by atoms with Crippen LogP contribution >= 0.6 is 0 Å². The average molecular weight is 690 g/mol. The second kappa shape index (κ2) is 13.0. The highest BCUT2D eigenvalue weighted by atomic mass is 32.2. The van der Waals surface area contributed by atoms with Gasteiger partial charge in [0.15, 0.2) is 0 Å². The van der Waals surface area contributed by atoms with Crippen LogP contribution < -0.4 is 24.8 Å². The Morgan fingerprint density at radius 2 is 1.84 bits per heavy atom. The minimum atomic E-state index is -3.86. The number of nitrogens with one attached hydrogen (secondary N) is 3. The Hall–Kier alpha value is -4.65. The fraction of sp³-hybridized carbons (Fsp3) is 0.444. The van der Waals surface area contributed by atoms with Gasteiger partial charge in [0.2, 0.25) is 27.7 Å². The van der Waals surface area contributed by atoms with Gasteiger partial charge in [-0.15, -0.1) is 6.58 Å². The zero-order valence-electron chi connectivity index (χ0n) is 28.1. The van der Waals surface area contributed by atoms with Gasteiger partial charge in [-0.1, -0.05) is 45.0 Å². The molecule has 2 heterocycles. The Kier molecular flexibility index (Phi) is 9.08. The summed E-state index contributed by atoms with van der Waals surface area (Å²) in [6.07, 6.45) is 3.82. The van der Waals surface area contributed by atoms with E-state index in [1.54, 1.807) is 19.4 Å². The first kappa shape index (κ1) is 34.2.